The summed E-state index contributed by atoms with van der Waals surface area (Å²) in [6.45, 7) is 5.65. The number of guanidine groups is 1. The van der Waals surface area contributed by atoms with Crippen molar-refractivity contribution in [2.24, 2.45) is 4.99 Å². The molecule has 0 spiro atoms. The fraction of sp³-hybridized carbons (Fsp3) is 0.636. The smallest absolute Gasteiger partial charge is 0.407 e. The van der Waals surface area contributed by atoms with Crippen LogP contribution in [0.15, 0.2) is 35.3 Å². The van der Waals surface area contributed by atoms with Gasteiger partial charge in [0.2, 0.25) is 0 Å². The summed E-state index contributed by atoms with van der Waals surface area (Å²) in [5.74, 6) is 1.46. The van der Waals surface area contributed by atoms with E-state index in [0.29, 0.717) is 18.0 Å². The molecule has 2 aliphatic carbocycles. The van der Waals surface area contributed by atoms with Gasteiger partial charge in [0.1, 0.15) is 5.60 Å². The van der Waals surface area contributed by atoms with Crippen LogP contribution in [0.4, 0.5) is 4.79 Å². The molecule has 2 atom stereocenters. The van der Waals surface area contributed by atoms with Crippen molar-refractivity contribution < 1.29 is 9.53 Å². The average molecular weight is 514 g/mol. The maximum Gasteiger partial charge on any atom is 0.407 e. The number of ether oxygens (including phenoxy) is 1. The molecule has 1 amide bonds. The van der Waals surface area contributed by atoms with E-state index in [0.717, 1.165) is 38.1 Å². The van der Waals surface area contributed by atoms with E-state index in [1.54, 1.807) is 0 Å². The number of amides is 1. The largest absolute Gasteiger partial charge is 0.444 e. The topological polar surface area (TPSA) is 74.8 Å². The Hall–Kier alpha value is -1.51. The number of carbonyl (C=O) groups excluding carboxylic acids is 1. The number of rotatable bonds is 4. The Morgan fingerprint density at radius 1 is 1.00 bits per heavy atom. The third-order valence-electron chi connectivity index (χ3n) is 5.35. The van der Waals surface area contributed by atoms with E-state index in [2.05, 4.69) is 51.3 Å². The van der Waals surface area contributed by atoms with Crippen molar-refractivity contribution >= 4 is 36.0 Å². The Morgan fingerprint density at radius 2 is 1.59 bits per heavy atom. The molecule has 0 bridgehead atoms. The van der Waals surface area contributed by atoms with Crippen LogP contribution < -0.4 is 16.0 Å². The van der Waals surface area contributed by atoms with Crippen LogP contribution in [0.3, 0.4) is 0 Å². The monoisotopic (exact) mass is 514 g/mol. The van der Waals surface area contributed by atoms with E-state index in [4.69, 9.17) is 4.74 Å². The molecule has 0 aliphatic heterocycles. The molecule has 2 unspecified atom stereocenters. The van der Waals surface area contributed by atoms with Gasteiger partial charge in [-0.1, -0.05) is 30.3 Å². The predicted octanol–water partition coefficient (Wildman–Crippen LogP) is 4.16. The van der Waals surface area contributed by atoms with Crippen LogP contribution in [0.2, 0.25) is 0 Å². The van der Waals surface area contributed by atoms with Gasteiger partial charge < -0.3 is 20.7 Å². The molecule has 2 saturated carbocycles. The van der Waals surface area contributed by atoms with Crippen molar-refractivity contribution in [3.63, 3.8) is 0 Å². The van der Waals surface area contributed by atoms with Crippen LogP contribution in [0, 0.1) is 0 Å². The van der Waals surface area contributed by atoms with Gasteiger partial charge in [-0.05, 0) is 58.4 Å². The lowest BCUT2D eigenvalue weighted by atomic mass is 9.91. The number of benzene rings is 1. The Kier molecular flexibility index (Phi) is 8.60. The Bertz CT molecular complexity index is 682. The SMILES string of the molecule is CN=C(NC1CCC(NC(=O)OC(C)(C)C)CC1)NC1CC1c1ccccc1.I. The van der Waals surface area contributed by atoms with Crippen molar-refractivity contribution in [2.75, 3.05) is 7.05 Å². The van der Waals surface area contributed by atoms with Crippen molar-refractivity contribution in [1.82, 2.24) is 16.0 Å². The van der Waals surface area contributed by atoms with Gasteiger partial charge in [0.15, 0.2) is 5.96 Å². The molecule has 3 N–H and O–H groups in total. The second kappa shape index (κ2) is 10.5. The van der Waals surface area contributed by atoms with Gasteiger partial charge in [-0.25, -0.2) is 4.79 Å². The maximum absolute atomic E-state index is 11.9. The minimum Gasteiger partial charge on any atom is -0.444 e. The lowest BCUT2D eigenvalue weighted by Gasteiger charge is -2.31. The molecule has 7 heteroatoms. The first-order valence-electron chi connectivity index (χ1n) is 10.4. The number of alkyl carbamates (subject to hydrolysis) is 1. The first-order chi connectivity index (χ1) is 13.3. The number of hydrogen-bond acceptors (Lipinski definition) is 3. The molecular weight excluding hydrogens is 479 g/mol. The second-order valence-electron chi connectivity index (χ2n) is 8.92. The van der Waals surface area contributed by atoms with Crippen molar-refractivity contribution in [1.29, 1.82) is 0 Å². The Balaban J connectivity index is 0.00000300. The summed E-state index contributed by atoms with van der Waals surface area (Å²) in [7, 11) is 1.82. The van der Waals surface area contributed by atoms with Crippen LogP contribution in [0.25, 0.3) is 0 Å². The maximum atomic E-state index is 11.9. The summed E-state index contributed by atoms with van der Waals surface area (Å²) in [5, 5.41) is 10.1. The second-order valence-corrected chi connectivity index (χ2v) is 8.92. The van der Waals surface area contributed by atoms with Gasteiger partial charge in [0.25, 0.3) is 0 Å². The summed E-state index contributed by atoms with van der Waals surface area (Å²) in [6, 6.07) is 11.7. The molecule has 0 saturated heterocycles. The van der Waals surface area contributed by atoms with E-state index in [1.807, 2.05) is 27.8 Å². The van der Waals surface area contributed by atoms with E-state index in [9.17, 15) is 4.79 Å². The van der Waals surface area contributed by atoms with Crippen molar-refractivity contribution in [3.05, 3.63) is 35.9 Å². The standard InChI is InChI=1S/C22H34N4O2.HI/c1-22(2,3)28-21(27)25-17-12-10-16(11-13-17)24-20(23-4)26-19-14-18(19)15-8-6-5-7-9-15;/h5-9,16-19H,10-14H2,1-4H3,(H,25,27)(H2,23,24,26);1H. The zero-order valence-electron chi connectivity index (χ0n) is 17.9. The van der Waals surface area contributed by atoms with Crippen LogP contribution in [0.1, 0.15) is 64.4 Å². The predicted molar refractivity (Wildman–Crippen MR) is 128 cm³/mol. The van der Waals surface area contributed by atoms with Gasteiger partial charge in [-0.3, -0.25) is 4.99 Å². The highest BCUT2D eigenvalue weighted by Gasteiger charge is 2.39. The summed E-state index contributed by atoms with van der Waals surface area (Å²) < 4.78 is 5.35. The molecule has 162 valence electrons. The first-order valence-corrected chi connectivity index (χ1v) is 10.4. The average Bonchev–Trinajstić information content (AvgIpc) is 3.41. The number of halogens is 1. The normalized spacial score (nSPS) is 26.7. The number of aliphatic imine (C=N–C) groups is 1. The van der Waals surface area contributed by atoms with Gasteiger partial charge in [-0.2, -0.15) is 0 Å². The molecule has 1 aromatic carbocycles. The summed E-state index contributed by atoms with van der Waals surface area (Å²) >= 11 is 0. The molecule has 0 aromatic heterocycles. The lowest BCUT2D eigenvalue weighted by molar-refractivity contribution is 0.0490. The fourth-order valence-electron chi connectivity index (χ4n) is 3.82. The molecule has 3 rings (SSSR count). The van der Waals surface area contributed by atoms with Crippen LogP contribution in [0.5, 0.6) is 0 Å². The zero-order chi connectivity index (χ0) is 20.1. The minimum atomic E-state index is -0.457. The van der Waals surface area contributed by atoms with E-state index < -0.39 is 5.60 Å². The summed E-state index contributed by atoms with van der Waals surface area (Å²) in [5.41, 5.74) is 0.936. The van der Waals surface area contributed by atoms with E-state index in [-0.39, 0.29) is 36.1 Å². The Morgan fingerprint density at radius 3 is 2.14 bits per heavy atom. The fourth-order valence-corrected chi connectivity index (χ4v) is 3.82. The number of hydrogen-bond donors (Lipinski definition) is 3. The quantitative estimate of drug-likeness (QED) is 0.321. The molecule has 0 heterocycles. The van der Waals surface area contributed by atoms with Gasteiger partial charge in [0, 0.05) is 31.1 Å². The first kappa shape index (κ1) is 23.8. The summed E-state index contributed by atoms with van der Waals surface area (Å²) in [4.78, 5) is 16.3. The van der Waals surface area contributed by atoms with Crippen LogP contribution >= 0.6 is 24.0 Å². The van der Waals surface area contributed by atoms with Crippen LogP contribution in [-0.4, -0.2) is 42.8 Å². The number of carbonyl (C=O) groups is 1. The third kappa shape index (κ3) is 7.68. The van der Waals surface area contributed by atoms with Gasteiger partial charge in [0.05, 0.1) is 0 Å². The molecule has 6 nitrogen and oxygen atoms in total. The van der Waals surface area contributed by atoms with E-state index in [1.165, 1.54) is 5.56 Å². The molecule has 0 radical (unpaired) electrons. The van der Waals surface area contributed by atoms with Crippen LogP contribution in [-0.2, 0) is 4.74 Å². The highest BCUT2D eigenvalue weighted by molar-refractivity contribution is 14.0. The summed E-state index contributed by atoms with van der Waals surface area (Å²) in [6.07, 6.45) is 4.75. The number of nitrogens with zero attached hydrogens (tertiary/aromatic N) is 1. The Labute approximate surface area is 191 Å². The van der Waals surface area contributed by atoms with Gasteiger partial charge >= 0.3 is 6.09 Å². The molecule has 2 fully saturated rings. The van der Waals surface area contributed by atoms with Crippen molar-refractivity contribution in [3.8, 4) is 0 Å². The van der Waals surface area contributed by atoms with Gasteiger partial charge in [-0.15, -0.1) is 24.0 Å². The third-order valence-corrected chi connectivity index (χ3v) is 5.35. The highest BCUT2D eigenvalue weighted by Crippen LogP contribution is 2.40. The minimum absolute atomic E-state index is 0. The number of nitrogens with one attached hydrogen (secondary N) is 3. The molecule has 1 aromatic rings. The van der Waals surface area contributed by atoms with Crippen molar-refractivity contribution in [2.45, 2.75) is 82.5 Å². The van der Waals surface area contributed by atoms with E-state index >= 15 is 0 Å². The zero-order valence-corrected chi connectivity index (χ0v) is 20.2. The molecule has 2 aliphatic rings. The molecular formula is C22H35IN4O2. The lowest BCUT2D eigenvalue weighted by Crippen LogP contribution is -2.48. The highest BCUT2D eigenvalue weighted by atomic mass is 127. The molecule has 29 heavy (non-hydrogen) atoms.